The number of hydrogen-bond acceptors (Lipinski definition) is 9. The molecule has 6 rings (SSSR count). The summed E-state index contributed by atoms with van der Waals surface area (Å²) >= 11 is 1.38. The molecule has 39 heavy (non-hydrogen) atoms. The van der Waals surface area contributed by atoms with Crippen molar-refractivity contribution in [1.82, 2.24) is 24.2 Å². The summed E-state index contributed by atoms with van der Waals surface area (Å²) in [5.41, 5.74) is 2.97. The molecule has 0 saturated carbocycles. The molecule has 204 valence electrons. The number of ether oxygens (including phenoxy) is 1. The van der Waals surface area contributed by atoms with Crippen LogP contribution in [0.1, 0.15) is 16.0 Å². The molecule has 4 aromatic rings. The number of thiazole rings is 1. The van der Waals surface area contributed by atoms with E-state index in [1.807, 2.05) is 12.1 Å². The second-order valence-electron chi connectivity index (χ2n) is 10.1. The van der Waals surface area contributed by atoms with Crippen LogP contribution < -0.4 is 10.5 Å². The monoisotopic (exact) mass is 550 g/mol. The minimum atomic E-state index is -0.533. The summed E-state index contributed by atoms with van der Waals surface area (Å²) in [5.74, 6) is -0.666. The summed E-state index contributed by atoms with van der Waals surface area (Å²) in [5, 5.41) is 11.3. The summed E-state index contributed by atoms with van der Waals surface area (Å²) < 4.78 is 20.9. The number of benzene rings is 1. The van der Waals surface area contributed by atoms with E-state index in [2.05, 4.69) is 31.7 Å². The molecule has 0 bridgehead atoms. The number of anilines is 1. The standard InChI is InChI=1S/C28H31FN6O3S/c1-32-6-8-33(9-7-32)17-20-14-21(29)3-2-19(20)15-23-16-30-27(39-23)25-26(36)28(37)35-18-22(4-5-24(35)31-25)34-10-12-38-13-11-34/h2-5,14,16,18,36H,6-13,15,17H2,1H3. The van der Waals surface area contributed by atoms with E-state index in [4.69, 9.17) is 4.74 Å². The molecule has 0 radical (unpaired) electrons. The van der Waals surface area contributed by atoms with Gasteiger partial charge in [-0.05, 0) is 42.4 Å². The van der Waals surface area contributed by atoms with Gasteiger partial charge in [-0.1, -0.05) is 6.07 Å². The third kappa shape index (κ3) is 5.53. The van der Waals surface area contributed by atoms with Gasteiger partial charge in [0, 0.05) is 69.5 Å². The summed E-state index contributed by atoms with van der Waals surface area (Å²) in [7, 11) is 2.12. The van der Waals surface area contributed by atoms with Gasteiger partial charge in [0.1, 0.15) is 22.2 Å². The minimum Gasteiger partial charge on any atom is -0.501 e. The molecule has 0 aliphatic carbocycles. The fourth-order valence-electron chi connectivity index (χ4n) is 5.12. The Morgan fingerprint density at radius 2 is 1.85 bits per heavy atom. The lowest BCUT2D eigenvalue weighted by Gasteiger charge is -2.32. The Labute approximate surface area is 229 Å². The molecule has 2 aliphatic heterocycles. The van der Waals surface area contributed by atoms with Crippen molar-refractivity contribution in [3.05, 3.63) is 74.9 Å². The van der Waals surface area contributed by atoms with Crippen LogP contribution in [0.25, 0.3) is 16.3 Å². The zero-order chi connectivity index (χ0) is 26.9. The second-order valence-corrected chi connectivity index (χ2v) is 11.2. The average molecular weight is 551 g/mol. The zero-order valence-corrected chi connectivity index (χ0v) is 22.7. The first-order valence-electron chi connectivity index (χ1n) is 13.2. The van der Waals surface area contributed by atoms with Gasteiger partial charge in [-0.15, -0.1) is 11.3 Å². The average Bonchev–Trinajstić information content (AvgIpc) is 3.42. The highest BCUT2D eigenvalue weighted by Crippen LogP contribution is 2.31. The van der Waals surface area contributed by atoms with E-state index in [1.54, 1.807) is 24.5 Å². The van der Waals surface area contributed by atoms with Crippen molar-refractivity contribution in [1.29, 1.82) is 0 Å². The minimum absolute atomic E-state index is 0.173. The first-order chi connectivity index (χ1) is 18.9. The molecule has 2 saturated heterocycles. The number of halogens is 1. The maximum atomic E-state index is 14.2. The van der Waals surface area contributed by atoms with Gasteiger partial charge in [-0.3, -0.25) is 14.1 Å². The van der Waals surface area contributed by atoms with Crippen molar-refractivity contribution < 1.29 is 14.2 Å². The van der Waals surface area contributed by atoms with Crippen LogP contribution in [0.15, 0.2) is 47.5 Å². The van der Waals surface area contributed by atoms with E-state index in [0.29, 0.717) is 36.8 Å². The van der Waals surface area contributed by atoms with E-state index in [1.165, 1.54) is 21.8 Å². The number of rotatable bonds is 6. The van der Waals surface area contributed by atoms with Gasteiger partial charge in [0.25, 0.3) is 0 Å². The van der Waals surface area contributed by atoms with E-state index in [9.17, 15) is 14.3 Å². The highest BCUT2D eigenvalue weighted by Gasteiger charge is 2.20. The van der Waals surface area contributed by atoms with Crippen molar-refractivity contribution in [2.45, 2.75) is 13.0 Å². The highest BCUT2D eigenvalue weighted by atomic mass is 32.1. The molecule has 11 heteroatoms. The van der Waals surface area contributed by atoms with Crippen LogP contribution in [0.4, 0.5) is 10.1 Å². The lowest BCUT2D eigenvalue weighted by molar-refractivity contribution is 0.122. The molecule has 2 fully saturated rings. The van der Waals surface area contributed by atoms with Crippen LogP contribution in [0, 0.1) is 5.82 Å². The van der Waals surface area contributed by atoms with Crippen LogP contribution in [0.3, 0.4) is 0 Å². The summed E-state index contributed by atoms with van der Waals surface area (Å²) in [6.45, 7) is 7.35. The number of hydrogen-bond donors (Lipinski definition) is 1. The molecule has 0 unspecified atom stereocenters. The number of likely N-dealkylation sites (N-methyl/N-ethyl adjacent to an activating group) is 1. The van der Waals surface area contributed by atoms with Crippen molar-refractivity contribution in [2.75, 3.05) is 64.4 Å². The number of aromatic hydroxyl groups is 1. The van der Waals surface area contributed by atoms with E-state index < -0.39 is 11.3 Å². The van der Waals surface area contributed by atoms with Crippen LogP contribution >= 0.6 is 11.3 Å². The molecule has 2 aliphatic rings. The van der Waals surface area contributed by atoms with E-state index in [0.717, 1.165) is 61.0 Å². The Morgan fingerprint density at radius 1 is 1.05 bits per heavy atom. The number of nitrogens with zero attached hydrogens (tertiary/aromatic N) is 6. The summed E-state index contributed by atoms with van der Waals surface area (Å²) in [4.78, 5) is 29.9. The maximum absolute atomic E-state index is 14.2. The first-order valence-corrected chi connectivity index (χ1v) is 14.0. The van der Waals surface area contributed by atoms with Crippen molar-refractivity contribution in [3.8, 4) is 16.5 Å². The topological polar surface area (TPSA) is 86.4 Å². The third-order valence-corrected chi connectivity index (χ3v) is 8.44. The maximum Gasteiger partial charge on any atom is 0.300 e. The summed E-state index contributed by atoms with van der Waals surface area (Å²) in [6, 6.07) is 8.67. The van der Waals surface area contributed by atoms with Crippen molar-refractivity contribution in [2.24, 2.45) is 0 Å². The van der Waals surface area contributed by atoms with Gasteiger partial charge in [-0.25, -0.2) is 14.4 Å². The van der Waals surface area contributed by atoms with Crippen molar-refractivity contribution >= 4 is 22.7 Å². The Hall–Kier alpha value is -3.38. The number of piperazine rings is 1. The lowest BCUT2D eigenvalue weighted by atomic mass is 10.0. The Morgan fingerprint density at radius 3 is 2.64 bits per heavy atom. The van der Waals surface area contributed by atoms with Crippen molar-refractivity contribution in [3.63, 3.8) is 0 Å². The number of pyridine rings is 1. The highest BCUT2D eigenvalue weighted by molar-refractivity contribution is 7.15. The molecule has 1 N–H and O–H groups in total. The Bertz CT molecular complexity index is 1540. The van der Waals surface area contributed by atoms with Gasteiger partial charge in [0.05, 0.1) is 18.9 Å². The molecule has 5 heterocycles. The van der Waals surface area contributed by atoms with Gasteiger partial charge in [0.15, 0.2) is 0 Å². The number of fused-ring (bicyclic) bond motifs is 1. The van der Waals surface area contributed by atoms with Gasteiger partial charge >= 0.3 is 5.56 Å². The molecule has 0 atom stereocenters. The Balaban J connectivity index is 1.25. The SMILES string of the molecule is CN1CCN(Cc2cc(F)ccc2Cc2cnc(-c3nc4ccc(N5CCOCC5)cn4c(=O)c3O)s2)CC1. The smallest absolute Gasteiger partial charge is 0.300 e. The fraction of sp³-hybridized carbons (Fsp3) is 0.393. The van der Waals surface area contributed by atoms with Crippen LogP contribution in [-0.4, -0.2) is 88.8 Å². The molecular formula is C28H31FN6O3S. The molecule has 1 aromatic carbocycles. The number of aromatic nitrogens is 3. The van der Waals surface area contributed by atoms with Crippen LogP contribution in [-0.2, 0) is 17.7 Å². The molecular weight excluding hydrogens is 519 g/mol. The lowest BCUT2D eigenvalue weighted by Crippen LogP contribution is -2.44. The van der Waals surface area contributed by atoms with Gasteiger partial charge in [-0.2, -0.15) is 0 Å². The van der Waals surface area contributed by atoms with Crippen LogP contribution in [0.2, 0.25) is 0 Å². The molecule has 3 aromatic heterocycles. The van der Waals surface area contributed by atoms with Gasteiger partial charge < -0.3 is 19.6 Å². The summed E-state index contributed by atoms with van der Waals surface area (Å²) in [6.07, 6.45) is 4.04. The second kappa shape index (κ2) is 11.0. The fourth-order valence-corrected chi connectivity index (χ4v) is 6.05. The molecule has 0 amide bonds. The predicted octanol–water partition coefficient (Wildman–Crippen LogP) is 2.84. The zero-order valence-electron chi connectivity index (χ0n) is 21.8. The van der Waals surface area contributed by atoms with Crippen LogP contribution in [0.5, 0.6) is 5.75 Å². The molecule has 9 nitrogen and oxygen atoms in total. The predicted molar refractivity (Wildman–Crippen MR) is 149 cm³/mol. The quantitative estimate of drug-likeness (QED) is 0.392. The largest absolute Gasteiger partial charge is 0.501 e. The third-order valence-electron chi connectivity index (χ3n) is 7.44. The molecule has 0 spiro atoms. The number of morpholine rings is 1. The van der Waals surface area contributed by atoms with Gasteiger partial charge in [0.2, 0.25) is 5.75 Å². The first kappa shape index (κ1) is 25.9. The normalized spacial score (nSPS) is 17.2. The van der Waals surface area contributed by atoms with E-state index >= 15 is 0 Å². The van der Waals surface area contributed by atoms with E-state index in [-0.39, 0.29) is 11.5 Å². The Kier molecular flexibility index (Phi) is 7.30.